The fourth-order valence-corrected chi connectivity index (χ4v) is 2.13. The summed E-state index contributed by atoms with van der Waals surface area (Å²) in [6.45, 7) is 2.08. The van der Waals surface area contributed by atoms with E-state index in [1.54, 1.807) is 6.92 Å². The van der Waals surface area contributed by atoms with Gasteiger partial charge in [0.15, 0.2) is 11.3 Å². The lowest BCUT2D eigenvalue weighted by molar-refractivity contribution is -0.150. The topological polar surface area (TPSA) is 118 Å². The van der Waals surface area contributed by atoms with Crippen LogP contribution in [0.15, 0.2) is 16.0 Å². The molecule has 8 heteroatoms. The standard InChI is InChI=1S/C10H15N3O4S/c1-2-17-6(9(15)16)3-4-18-10-12-7(11)5-8(14)13-10/h5-6H,2-4H2,1H3,(H,15,16)(H3,11,12,13,14). The second kappa shape index (κ2) is 7.02. The van der Waals surface area contributed by atoms with Crippen LogP contribution in [0.2, 0.25) is 0 Å². The number of aliphatic carboxylic acids is 1. The average Bonchev–Trinajstić information content (AvgIpc) is 2.26. The van der Waals surface area contributed by atoms with E-state index in [1.165, 1.54) is 17.8 Å². The number of rotatable bonds is 7. The van der Waals surface area contributed by atoms with E-state index in [0.717, 1.165) is 0 Å². The molecule has 0 aliphatic rings. The lowest BCUT2D eigenvalue weighted by Gasteiger charge is -2.11. The first kappa shape index (κ1) is 14.5. The summed E-state index contributed by atoms with van der Waals surface area (Å²) in [5, 5.41) is 9.24. The lowest BCUT2D eigenvalue weighted by atomic mass is 10.3. The molecular formula is C10H15N3O4S. The van der Waals surface area contributed by atoms with Gasteiger partial charge in [-0.15, -0.1) is 0 Å². The van der Waals surface area contributed by atoms with Gasteiger partial charge in [-0.3, -0.25) is 4.79 Å². The predicted molar refractivity (Wildman–Crippen MR) is 67.7 cm³/mol. The molecule has 0 aliphatic carbocycles. The molecule has 0 spiro atoms. The minimum atomic E-state index is -0.994. The highest BCUT2D eigenvalue weighted by molar-refractivity contribution is 7.99. The fourth-order valence-electron chi connectivity index (χ4n) is 1.26. The molecule has 0 aromatic carbocycles. The Labute approximate surface area is 108 Å². The molecular weight excluding hydrogens is 258 g/mol. The molecule has 0 saturated carbocycles. The molecule has 1 heterocycles. The summed E-state index contributed by atoms with van der Waals surface area (Å²) in [4.78, 5) is 28.4. The van der Waals surface area contributed by atoms with Crippen LogP contribution in [0.3, 0.4) is 0 Å². The number of nitrogen functional groups attached to an aromatic ring is 1. The Kier molecular flexibility index (Phi) is 5.66. The number of nitrogens with zero attached hydrogens (tertiary/aromatic N) is 1. The van der Waals surface area contributed by atoms with Gasteiger partial charge in [-0.2, -0.15) is 0 Å². The van der Waals surface area contributed by atoms with Gasteiger partial charge in [0.2, 0.25) is 0 Å². The van der Waals surface area contributed by atoms with Gasteiger partial charge < -0.3 is 20.6 Å². The highest BCUT2D eigenvalue weighted by atomic mass is 32.2. The van der Waals surface area contributed by atoms with Crippen molar-refractivity contribution in [3.63, 3.8) is 0 Å². The van der Waals surface area contributed by atoms with Crippen LogP contribution in [0.25, 0.3) is 0 Å². The van der Waals surface area contributed by atoms with Crippen LogP contribution >= 0.6 is 11.8 Å². The van der Waals surface area contributed by atoms with E-state index in [4.69, 9.17) is 15.6 Å². The zero-order valence-electron chi connectivity index (χ0n) is 9.88. The first-order valence-corrected chi connectivity index (χ1v) is 6.35. The number of hydrogen-bond acceptors (Lipinski definition) is 6. The van der Waals surface area contributed by atoms with E-state index in [1.807, 2.05) is 0 Å². The van der Waals surface area contributed by atoms with Gasteiger partial charge in [0, 0.05) is 18.4 Å². The Morgan fingerprint density at radius 1 is 1.72 bits per heavy atom. The average molecular weight is 273 g/mol. The summed E-state index contributed by atoms with van der Waals surface area (Å²) in [6.07, 6.45) is -0.512. The number of ether oxygens (including phenoxy) is 1. The molecule has 4 N–H and O–H groups in total. The lowest BCUT2D eigenvalue weighted by Crippen LogP contribution is -2.24. The SMILES string of the molecule is CCOC(CCSc1nc(N)cc(=O)[nH]1)C(=O)O. The number of carboxylic acid groups (broad SMARTS) is 1. The highest BCUT2D eigenvalue weighted by Gasteiger charge is 2.17. The van der Waals surface area contributed by atoms with Crippen LogP contribution in [0.4, 0.5) is 5.82 Å². The van der Waals surface area contributed by atoms with E-state index < -0.39 is 12.1 Å². The Balaban J connectivity index is 2.49. The number of aromatic nitrogens is 2. The van der Waals surface area contributed by atoms with Gasteiger partial charge in [0.05, 0.1) is 0 Å². The van der Waals surface area contributed by atoms with Crippen molar-refractivity contribution in [2.45, 2.75) is 24.6 Å². The first-order chi connectivity index (χ1) is 8.52. The third-order valence-electron chi connectivity index (χ3n) is 2.00. The number of anilines is 1. The molecule has 0 bridgehead atoms. The van der Waals surface area contributed by atoms with Crippen molar-refractivity contribution in [2.24, 2.45) is 0 Å². The smallest absolute Gasteiger partial charge is 0.332 e. The highest BCUT2D eigenvalue weighted by Crippen LogP contribution is 2.15. The third-order valence-corrected chi connectivity index (χ3v) is 2.91. The van der Waals surface area contributed by atoms with E-state index in [0.29, 0.717) is 23.9 Å². The van der Waals surface area contributed by atoms with Crippen LogP contribution in [0.5, 0.6) is 0 Å². The third kappa shape index (κ3) is 4.76. The van der Waals surface area contributed by atoms with Gasteiger partial charge in [-0.25, -0.2) is 9.78 Å². The quantitative estimate of drug-likeness (QED) is 0.483. The van der Waals surface area contributed by atoms with Crippen LogP contribution in [0.1, 0.15) is 13.3 Å². The summed E-state index contributed by atoms with van der Waals surface area (Å²) in [7, 11) is 0. The van der Waals surface area contributed by atoms with Gasteiger partial charge in [0.1, 0.15) is 5.82 Å². The molecule has 1 aromatic heterocycles. The van der Waals surface area contributed by atoms with Crippen molar-refractivity contribution in [1.29, 1.82) is 0 Å². The van der Waals surface area contributed by atoms with Crippen LogP contribution in [-0.2, 0) is 9.53 Å². The Morgan fingerprint density at radius 3 is 3.00 bits per heavy atom. The van der Waals surface area contributed by atoms with Gasteiger partial charge in [-0.05, 0) is 13.3 Å². The zero-order valence-corrected chi connectivity index (χ0v) is 10.7. The van der Waals surface area contributed by atoms with Crippen molar-refractivity contribution in [3.05, 3.63) is 16.4 Å². The van der Waals surface area contributed by atoms with Crippen molar-refractivity contribution in [3.8, 4) is 0 Å². The van der Waals surface area contributed by atoms with E-state index in [2.05, 4.69) is 9.97 Å². The summed E-state index contributed by atoms with van der Waals surface area (Å²) in [5.41, 5.74) is 5.09. The molecule has 1 atom stereocenters. The predicted octanol–water partition coefficient (Wildman–Crippen LogP) is 0.324. The number of thioether (sulfide) groups is 1. The Bertz CT molecular complexity index is 463. The minimum Gasteiger partial charge on any atom is -0.479 e. The number of hydrogen-bond donors (Lipinski definition) is 3. The summed E-state index contributed by atoms with van der Waals surface area (Å²) < 4.78 is 5.06. The van der Waals surface area contributed by atoms with Crippen LogP contribution < -0.4 is 11.3 Å². The van der Waals surface area contributed by atoms with Gasteiger partial charge in [-0.1, -0.05) is 11.8 Å². The molecule has 1 rings (SSSR count). The number of carboxylic acids is 1. The van der Waals surface area contributed by atoms with Crippen LogP contribution in [0, 0.1) is 0 Å². The molecule has 0 amide bonds. The van der Waals surface area contributed by atoms with Crippen LogP contribution in [-0.4, -0.2) is 39.5 Å². The summed E-state index contributed by atoms with van der Waals surface area (Å²) >= 11 is 1.23. The number of carbonyl (C=O) groups is 1. The molecule has 0 saturated heterocycles. The largest absolute Gasteiger partial charge is 0.479 e. The molecule has 1 unspecified atom stereocenters. The maximum atomic E-state index is 11.1. The molecule has 0 radical (unpaired) electrons. The van der Waals surface area contributed by atoms with Crippen molar-refractivity contribution < 1.29 is 14.6 Å². The molecule has 100 valence electrons. The number of aromatic amines is 1. The van der Waals surface area contributed by atoms with Crippen molar-refractivity contribution in [2.75, 3.05) is 18.1 Å². The molecule has 0 aliphatic heterocycles. The minimum absolute atomic E-state index is 0.140. The summed E-state index contributed by atoms with van der Waals surface area (Å²) in [5.74, 6) is -0.393. The maximum absolute atomic E-state index is 11.1. The first-order valence-electron chi connectivity index (χ1n) is 5.37. The number of nitrogens with two attached hydrogens (primary N) is 1. The normalized spacial score (nSPS) is 12.3. The van der Waals surface area contributed by atoms with Gasteiger partial charge in [0.25, 0.3) is 5.56 Å². The Hall–Kier alpha value is -1.54. The maximum Gasteiger partial charge on any atom is 0.332 e. The van der Waals surface area contributed by atoms with E-state index in [-0.39, 0.29) is 11.4 Å². The molecule has 0 fully saturated rings. The zero-order chi connectivity index (χ0) is 13.5. The van der Waals surface area contributed by atoms with Gasteiger partial charge >= 0.3 is 5.97 Å². The molecule has 18 heavy (non-hydrogen) atoms. The summed E-state index contributed by atoms with van der Waals surface area (Å²) in [6, 6.07) is 1.18. The number of nitrogens with one attached hydrogen (secondary N) is 1. The second-order valence-corrected chi connectivity index (χ2v) is 4.48. The fraction of sp³-hybridized carbons (Fsp3) is 0.500. The van der Waals surface area contributed by atoms with E-state index in [9.17, 15) is 9.59 Å². The van der Waals surface area contributed by atoms with Crippen molar-refractivity contribution in [1.82, 2.24) is 9.97 Å². The van der Waals surface area contributed by atoms with Crippen molar-refractivity contribution >= 4 is 23.5 Å². The second-order valence-electron chi connectivity index (χ2n) is 3.39. The molecule has 7 nitrogen and oxygen atoms in total. The van der Waals surface area contributed by atoms with E-state index >= 15 is 0 Å². The molecule has 1 aromatic rings. The monoisotopic (exact) mass is 273 g/mol. The number of H-pyrrole nitrogens is 1. The Morgan fingerprint density at radius 2 is 2.44 bits per heavy atom.